The molecule has 1 saturated heterocycles. The number of halogens is 1. The molecule has 0 amide bonds. The van der Waals surface area contributed by atoms with Crippen LogP contribution in [0.5, 0.6) is 5.75 Å². The lowest BCUT2D eigenvalue weighted by Crippen LogP contribution is -2.53. The molecule has 0 radical (unpaired) electrons. The largest absolute Gasteiger partial charge is 0.496 e. The van der Waals surface area contributed by atoms with E-state index in [1.807, 2.05) is 18.2 Å². The van der Waals surface area contributed by atoms with Crippen molar-refractivity contribution < 1.29 is 4.74 Å². The van der Waals surface area contributed by atoms with Gasteiger partial charge in [0.1, 0.15) is 5.75 Å². The van der Waals surface area contributed by atoms with Gasteiger partial charge in [0.05, 0.1) is 13.2 Å². The molecule has 1 aliphatic rings. The molecule has 0 aliphatic carbocycles. The Labute approximate surface area is 132 Å². The van der Waals surface area contributed by atoms with Crippen molar-refractivity contribution in [1.29, 1.82) is 0 Å². The molecule has 1 heterocycles. The average molecular weight is 312 g/mol. The third-order valence-electron chi connectivity index (χ3n) is 4.43. The van der Waals surface area contributed by atoms with Gasteiger partial charge in [-0.25, -0.2) is 0 Å². The van der Waals surface area contributed by atoms with E-state index in [1.54, 1.807) is 7.11 Å². The lowest BCUT2D eigenvalue weighted by Gasteiger charge is -2.43. The number of methoxy groups -OCH3 is 1. The first-order valence-corrected chi connectivity index (χ1v) is 8.00. The van der Waals surface area contributed by atoms with Gasteiger partial charge >= 0.3 is 0 Å². The van der Waals surface area contributed by atoms with Crippen LogP contribution in [0.15, 0.2) is 18.2 Å². The van der Waals surface area contributed by atoms with Crippen molar-refractivity contribution in [2.24, 2.45) is 5.73 Å². The molecule has 0 aromatic heterocycles. The maximum Gasteiger partial charge on any atom is 0.125 e. The summed E-state index contributed by atoms with van der Waals surface area (Å²) in [5.74, 6) is 0.823. The summed E-state index contributed by atoms with van der Waals surface area (Å²) < 4.78 is 5.49. The van der Waals surface area contributed by atoms with E-state index in [2.05, 4.69) is 23.6 Å². The highest BCUT2D eigenvalue weighted by atomic mass is 35.5. The third kappa shape index (κ3) is 3.51. The summed E-state index contributed by atoms with van der Waals surface area (Å²) in [6.07, 6.45) is 0. The minimum absolute atomic E-state index is 0.107. The lowest BCUT2D eigenvalue weighted by molar-refractivity contribution is 0.0599. The molecule has 0 bridgehead atoms. The summed E-state index contributed by atoms with van der Waals surface area (Å²) in [4.78, 5) is 4.93. The van der Waals surface area contributed by atoms with E-state index in [9.17, 15) is 0 Å². The van der Waals surface area contributed by atoms with Crippen LogP contribution in [-0.4, -0.2) is 55.7 Å². The standard InChI is InChI=1S/C16H26ClN3O/c1-4-19-8-9-20(11-12(19)2)14(10-18)16-13(17)6-5-7-15(16)21-3/h5-7,12,14H,4,8-11,18H2,1-3H3. The van der Waals surface area contributed by atoms with E-state index in [0.29, 0.717) is 12.6 Å². The minimum Gasteiger partial charge on any atom is -0.496 e. The van der Waals surface area contributed by atoms with Crippen molar-refractivity contribution in [2.45, 2.75) is 25.9 Å². The van der Waals surface area contributed by atoms with Crippen molar-refractivity contribution in [3.8, 4) is 5.75 Å². The van der Waals surface area contributed by atoms with E-state index >= 15 is 0 Å². The molecule has 1 aromatic carbocycles. The number of hydrogen-bond acceptors (Lipinski definition) is 4. The molecule has 118 valence electrons. The summed E-state index contributed by atoms with van der Waals surface area (Å²) in [5, 5.41) is 0.732. The Hall–Kier alpha value is -0.810. The first-order valence-electron chi connectivity index (χ1n) is 7.62. The summed E-state index contributed by atoms with van der Waals surface area (Å²) in [6, 6.07) is 6.42. The Morgan fingerprint density at radius 3 is 2.76 bits per heavy atom. The molecule has 1 aliphatic heterocycles. The quantitative estimate of drug-likeness (QED) is 0.906. The third-order valence-corrected chi connectivity index (χ3v) is 4.76. The molecule has 21 heavy (non-hydrogen) atoms. The van der Waals surface area contributed by atoms with Gasteiger partial charge in [-0.2, -0.15) is 0 Å². The molecule has 2 atom stereocenters. The molecule has 1 fully saturated rings. The highest BCUT2D eigenvalue weighted by Crippen LogP contribution is 2.35. The van der Waals surface area contributed by atoms with Crippen LogP contribution >= 0.6 is 11.6 Å². The van der Waals surface area contributed by atoms with E-state index in [4.69, 9.17) is 22.1 Å². The highest BCUT2D eigenvalue weighted by Gasteiger charge is 2.30. The van der Waals surface area contributed by atoms with Crippen LogP contribution in [0.1, 0.15) is 25.5 Å². The number of ether oxygens (including phenoxy) is 1. The molecular weight excluding hydrogens is 286 g/mol. The van der Waals surface area contributed by atoms with Crippen LogP contribution in [-0.2, 0) is 0 Å². The van der Waals surface area contributed by atoms with Gasteiger partial charge in [0.25, 0.3) is 0 Å². The molecule has 2 N–H and O–H groups in total. The molecule has 2 unspecified atom stereocenters. The van der Waals surface area contributed by atoms with E-state index in [-0.39, 0.29) is 6.04 Å². The van der Waals surface area contributed by atoms with Crippen LogP contribution in [0.25, 0.3) is 0 Å². The van der Waals surface area contributed by atoms with Crippen LogP contribution in [0.3, 0.4) is 0 Å². The molecule has 2 rings (SSSR count). The van der Waals surface area contributed by atoms with Gasteiger partial charge in [-0.1, -0.05) is 24.6 Å². The zero-order valence-electron chi connectivity index (χ0n) is 13.2. The molecule has 4 nitrogen and oxygen atoms in total. The van der Waals surface area contributed by atoms with Gasteiger partial charge in [-0.3, -0.25) is 9.80 Å². The second kappa shape index (κ2) is 7.45. The smallest absolute Gasteiger partial charge is 0.125 e. The maximum atomic E-state index is 6.42. The van der Waals surface area contributed by atoms with Crippen LogP contribution in [0.4, 0.5) is 0 Å². The van der Waals surface area contributed by atoms with Gasteiger partial charge in [-0.15, -0.1) is 0 Å². The van der Waals surface area contributed by atoms with Crippen molar-refractivity contribution in [2.75, 3.05) is 39.8 Å². The minimum atomic E-state index is 0.107. The predicted octanol–water partition coefficient (Wildman–Crippen LogP) is 2.37. The SMILES string of the molecule is CCN1CCN(C(CN)c2c(Cl)cccc2OC)CC1C. The van der Waals surface area contributed by atoms with E-state index in [0.717, 1.165) is 42.5 Å². The van der Waals surface area contributed by atoms with Crippen molar-refractivity contribution in [3.63, 3.8) is 0 Å². The molecule has 1 aromatic rings. The lowest BCUT2D eigenvalue weighted by atomic mass is 10.0. The predicted molar refractivity (Wildman–Crippen MR) is 88.1 cm³/mol. The van der Waals surface area contributed by atoms with Crippen LogP contribution in [0.2, 0.25) is 5.02 Å². The monoisotopic (exact) mass is 311 g/mol. The van der Waals surface area contributed by atoms with Crippen molar-refractivity contribution in [1.82, 2.24) is 9.80 Å². The maximum absolute atomic E-state index is 6.42. The van der Waals surface area contributed by atoms with Gasteiger partial charge < -0.3 is 10.5 Å². The zero-order valence-corrected chi connectivity index (χ0v) is 13.9. The number of hydrogen-bond donors (Lipinski definition) is 1. The molecule has 0 saturated carbocycles. The van der Waals surface area contributed by atoms with Gasteiger partial charge in [0.2, 0.25) is 0 Å². The Balaban J connectivity index is 2.25. The Morgan fingerprint density at radius 2 is 2.19 bits per heavy atom. The second-order valence-corrected chi connectivity index (χ2v) is 5.99. The van der Waals surface area contributed by atoms with Gasteiger partial charge in [-0.05, 0) is 25.6 Å². The van der Waals surface area contributed by atoms with Crippen LogP contribution in [0, 0.1) is 0 Å². The number of rotatable bonds is 5. The Kier molecular flexibility index (Phi) is 5.88. The summed E-state index contributed by atoms with van der Waals surface area (Å²) in [5.41, 5.74) is 7.09. The number of nitrogens with two attached hydrogens (primary N) is 1. The first kappa shape index (κ1) is 16.6. The average Bonchev–Trinajstić information content (AvgIpc) is 2.49. The topological polar surface area (TPSA) is 41.7 Å². The molecule has 0 spiro atoms. The zero-order chi connectivity index (χ0) is 15.4. The Bertz CT molecular complexity index is 469. The van der Waals surface area contributed by atoms with Crippen LogP contribution < -0.4 is 10.5 Å². The first-order chi connectivity index (χ1) is 10.1. The van der Waals surface area contributed by atoms with Crippen molar-refractivity contribution >= 4 is 11.6 Å². The fraction of sp³-hybridized carbons (Fsp3) is 0.625. The second-order valence-electron chi connectivity index (χ2n) is 5.58. The normalized spacial score (nSPS) is 22.2. The van der Waals surface area contributed by atoms with Gasteiger partial charge in [0, 0.05) is 42.8 Å². The van der Waals surface area contributed by atoms with E-state index in [1.165, 1.54) is 0 Å². The highest BCUT2D eigenvalue weighted by molar-refractivity contribution is 6.31. The number of benzene rings is 1. The number of piperazine rings is 1. The Morgan fingerprint density at radius 1 is 1.43 bits per heavy atom. The van der Waals surface area contributed by atoms with E-state index < -0.39 is 0 Å². The number of likely N-dealkylation sites (N-methyl/N-ethyl adjacent to an activating group) is 1. The summed E-state index contributed by atoms with van der Waals surface area (Å²) in [7, 11) is 1.68. The number of nitrogens with zero attached hydrogens (tertiary/aromatic N) is 2. The molecular formula is C16H26ClN3O. The van der Waals surface area contributed by atoms with Crippen molar-refractivity contribution in [3.05, 3.63) is 28.8 Å². The fourth-order valence-corrected chi connectivity index (χ4v) is 3.54. The molecule has 5 heteroatoms. The summed E-state index contributed by atoms with van der Waals surface area (Å²) in [6.45, 7) is 9.20. The summed E-state index contributed by atoms with van der Waals surface area (Å²) >= 11 is 6.42. The fourth-order valence-electron chi connectivity index (χ4n) is 3.24. The van der Waals surface area contributed by atoms with Gasteiger partial charge in [0.15, 0.2) is 0 Å².